The minimum absolute atomic E-state index is 0.114. The molecule has 3 rings (SSSR count). The second-order valence-electron chi connectivity index (χ2n) is 6.57. The number of hydrogen-bond acceptors (Lipinski definition) is 6. The predicted molar refractivity (Wildman–Crippen MR) is 110 cm³/mol. The summed E-state index contributed by atoms with van der Waals surface area (Å²) in [6.45, 7) is 6.10. The van der Waals surface area contributed by atoms with Crippen LogP contribution in [0.5, 0.6) is 5.75 Å². The minimum Gasteiger partial charge on any atom is -0.494 e. The van der Waals surface area contributed by atoms with Crippen molar-refractivity contribution in [3.05, 3.63) is 54.1 Å². The van der Waals surface area contributed by atoms with E-state index in [0.717, 1.165) is 11.4 Å². The summed E-state index contributed by atoms with van der Waals surface area (Å²) in [5.41, 5.74) is 2.72. The highest BCUT2D eigenvalue weighted by molar-refractivity contribution is 8.00. The molecule has 1 atom stereocenters. The molecule has 1 amide bonds. The van der Waals surface area contributed by atoms with E-state index in [1.807, 2.05) is 55.5 Å². The second-order valence-corrected chi connectivity index (χ2v) is 7.88. The van der Waals surface area contributed by atoms with Crippen LogP contribution in [0.25, 0.3) is 5.69 Å². The molecule has 0 aliphatic carbocycles. The Bertz CT molecular complexity index is 940. The maximum atomic E-state index is 12.6. The number of nitrogens with one attached hydrogen (secondary N) is 1. The molecule has 0 spiro atoms. The lowest BCUT2D eigenvalue weighted by Gasteiger charge is -2.13. The number of aromatic nitrogens is 4. The molecule has 1 N–H and O–H groups in total. The van der Waals surface area contributed by atoms with Gasteiger partial charge in [-0.2, -0.15) is 4.68 Å². The quantitative estimate of drug-likeness (QED) is 0.609. The average Bonchev–Trinajstić information content (AvgIpc) is 3.16. The summed E-state index contributed by atoms with van der Waals surface area (Å²) in [7, 11) is 1.59. The van der Waals surface area contributed by atoms with Crippen LogP contribution in [0, 0.1) is 0 Å². The van der Waals surface area contributed by atoms with Crippen LogP contribution in [0.15, 0.2) is 53.7 Å². The number of thioether (sulfide) groups is 1. The predicted octanol–water partition coefficient (Wildman–Crippen LogP) is 3.91. The molecule has 0 aliphatic heterocycles. The Balaban J connectivity index is 1.70. The van der Waals surface area contributed by atoms with E-state index in [0.29, 0.717) is 16.8 Å². The SMILES string of the molecule is COc1ccccc1-n1nnnc1S[C@H](C)C(=O)Nc1ccc(C(C)C)cc1. The highest BCUT2D eigenvalue weighted by Gasteiger charge is 2.20. The van der Waals surface area contributed by atoms with Gasteiger partial charge in [-0.05, 0) is 53.1 Å². The Labute approximate surface area is 168 Å². The monoisotopic (exact) mass is 397 g/mol. The van der Waals surface area contributed by atoms with E-state index in [1.54, 1.807) is 11.8 Å². The van der Waals surface area contributed by atoms with Crippen molar-refractivity contribution >= 4 is 23.4 Å². The van der Waals surface area contributed by atoms with Gasteiger partial charge in [0.1, 0.15) is 11.4 Å². The molecular formula is C20H23N5O2S. The lowest BCUT2D eigenvalue weighted by atomic mass is 10.0. The Kier molecular flexibility index (Phi) is 6.30. The Morgan fingerprint density at radius 1 is 1.11 bits per heavy atom. The van der Waals surface area contributed by atoms with Crippen molar-refractivity contribution in [3.8, 4) is 11.4 Å². The number of amides is 1. The third-order valence-electron chi connectivity index (χ3n) is 4.25. The van der Waals surface area contributed by atoms with E-state index in [4.69, 9.17) is 4.74 Å². The zero-order valence-corrected chi connectivity index (χ0v) is 17.1. The molecule has 2 aromatic carbocycles. The molecular weight excluding hydrogens is 374 g/mol. The van der Waals surface area contributed by atoms with Crippen LogP contribution in [-0.4, -0.2) is 38.5 Å². The van der Waals surface area contributed by atoms with Crippen molar-refractivity contribution in [3.63, 3.8) is 0 Å². The van der Waals surface area contributed by atoms with Crippen LogP contribution < -0.4 is 10.1 Å². The van der Waals surface area contributed by atoms with Gasteiger partial charge in [0.05, 0.1) is 12.4 Å². The zero-order valence-electron chi connectivity index (χ0n) is 16.3. The van der Waals surface area contributed by atoms with Gasteiger partial charge in [0.15, 0.2) is 0 Å². The van der Waals surface area contributed by atoms with Crippen LogP contribution in [0.2, 0.25) is 0 Å². The highest BCUT2D eigenvalue weighted by Crippen LogP contribution is 2.28. The summed E-state index contributed by atoms with van der Waals surface area (Å²) in [5.74, 6) is 0.990. The Morgan fingerprint density at radius 3 is 2.50 bits per heavy atom. The van der Waals surface area contributed by atoms with Gasteiger partial charge in [0.2, 0.25) is 11.1 Å². The first-order chi connectivity index (χ1) is 13.5. The van der Waals surface area contributed by atoms with Crippen LogP contribution in [0.1, 0.15) is 32.3 Å². The molecule has 28 heavy (non-hydrogen) atoms. The molecule has 0 aliphatic rings. The fraction of sp³-hybridized carbons (Fsp3) is 0.300. The lowest BCUT2D eigenvalue weighted by Crippen LogP contribution is -2.23. The topological polar surface area (TPSA) is 81.9 Å². The van der Waals surface area contributed by atoms with E-state index in [-0.39, 0.29) is 11.2 Å². The first-order valence-electron chi connectivity index (χ1n) is 8.99. The maximum Gasteiger partial charge on any atom is 0.237 e. The molecule has 146 valence electrons. The molecule has 0 bridgehead atoms. The number of benzene rings is 2. The van der Waals surface area contributed by atoms with Gasteiger partial charge in [-0.25, -0.2) is 0 Å². The van der Waals surface area contributed by atoms with Crippen LogP contribution >= 0.6 is 11.8 Å². The number of methoxy groups -OCH3 is 1. The number of tetrazole rings is 1. The van der Waals surface area contributed by atoms with E-state index in [1.165, 1.54) is 17.3 Å². The molecule has 0 saturated carbocycles. The maximum absolute atomic E-state index is 12.6. The summed E-state index contributed by atoms with van der Waals surface area (Å²) in [6.07, 6.45) is 0. The van der Waals surface area contributed by atoms with Crippen molar-refractivity contribution in [1.82, 2.24) is 20.2 Å². The fourth-order valence-corrected chi connectivity index (χ4v) is 3.42. The lowest BCUT2D eigenvalue weighted by molar-refractivity contribution is -0.115. The summed E-state index contributed by atoms with van der Waals surface area (Å²) in [5, 5.41) is 14.9. The molecule has 0 unspecified atom stereocenters. The molecule has 7 nitrogen and oxygen atoms in total. The second kappa shape index (κ2) is 8.88. The molecule has 0 fully saturated rings. The van der Waals surface area contributed by atoms with Gasteiger partial charge < -0.3 is 10.1 Å². The standard InChI is InChI=1S/C20H23N5O2S/c1-13(2)15-9-11-16(12-10-15)21-19(26)14(3)28-20-22-23-24-25(20)17-7-5-6-8-18(17)27-4/h5-14H,1-4H3,(H,21,26)/t14-/m1/s1. The summed E-state index contributed by atoms with van der Waals surface area (Å²) in [6, 6.07) is 15.3. The molecule has 8 heteroatoms. The Hall–Kier alpha value is -2.87. The number of carbonyl (C=O) groups is 1. The van der Waals surface area contributed by atoms with E-state index in [2.05, 4.69) is 34.7 Å². The summed E-state index contributed by atoms with van der Waals surface area (Å²) >= 11 is 1.29. The average molecular weight is 398 g/mol. The number of anilines is 1. The highest BCUT2D eigenvalue weighted by atomic mass is 32.2. The largest absolute Gasteiger partial charge is 0.494 e. The van der Waals surface area contributed by atoms with Crippen LogP contribution in [0.4, 0.5) is 5.69 Å². The van der Waals surface area contributed by atoms with E-state index >= 15 is 0 Å². The number of hydrogen-bond donors (Lipinski definition) is 1. The van der Waals surface area contributed by atoms with Crippen molar-refractivity contribution < 1.29 is 9.53 Å². The first-order valence-corrected chi connectivity index (χ1v) is 9.86. The summed E-state index contributed by atoms with van der Waals surface area (Å²) < 4.78 is 6.95. The molecule has 1 heterocycles. The van der Waals surface area contributed by atoms with Gasteiger partial charge in [-0.3, -0.25) is 4.79 Å². The normalized spacial score (nSPS) is 12.0. The number of nitrogens with zero attached hydrogens (tertiary/aromatic N) is 4. The molecule has 1 aromatic heterocycles. The van der Waals surface area contributed by atoms with E-state index in [9.17, 15) is 4.79 Å². The van der Waals surface area contributed by atoms with Crippen LogP contribution in [-0.2, 0) is 4.79 Å². The third-order valence-corrected chi connectivity index (χ3v) is 5.28. The van der Waals surface area contributed by atoms with Gasteiger partial charge in [0, 0.05) is 5.69 Å². The molecule has 0 radical (unpaired) electrons. The third kappa shape index (κ3) is 4.51. The van der Waals surface area contributed by atoms with E-state index < -0.39 is 0 Å². The van der Waals surface area contributed by atoms with Crippen LogP contribution in [0.3, 0.4) is 0 Å². The van der Waals surface area contributed by atoms with Crippen molar-refractivity contribution in [2.75, 3.05) is 12.4 Å². The van der Waals surface area contributed by atoms with Crippen molar-refractivity contribution in [1.29, 1.82) is 0 Å². The Morgan fingerprint density at radius 2 is 1.82 bits per heavy atom. The van der Waals surface area contributed by atoms with Crippen molar-refractivity contribution in [2.45, 2.75) is 37.1 Å². The first kappa shape index (κ1) is 19.9. The molecule has 3 aromatic rings. The fourth-order valence-electron chi connectivity index (χ4n) is 2.62. The number of rotatable bonds is 7. The number of ether oxygens (including phenoxy) is 1. The van der Waals surface area contributed by atoms with Gasteiger partial charge >= 0.3 is 0 Å². The minimum atomic E-state index is -0.385. The number of para-hydroxylation sites is 2. The van der Waals surface area contributed by atoms with Gasteiger partial charge in [-0.15, -0.1) is 5.10 Å². The van der Waals surface area contributed by atoms with Crippen molar-refractivity contribution in [2.24, 2.45) is 0 Å². The zero-order chi connectivity index (χ0) is 20.1. The summed E-state index contributed by atoms with van der Waals surface area (Å²) in [4.78, 5) is 12.6. The molecule has 0 saturated heterocycles. The smallest absolute Gasteiger partial charge is 0.237 e. The number of carbonyl (C=O) groups excluding carboxylic acids is 1. The van der Waals surface area contributed by atoms with Gasteiger partial charge in [-0.1, -0.05) is 49.9 Å². The van der Waals surface area contributed by atoms with Gasteiger partial charge in [0.25, 0.3) is 0 Å².